The quantitative estimate of drug-likeness (QED) is 0.391. The third-order valence-corrected chi connectivity index (χ3v) is 2.82. The zero-order valence-corrected chi connectivity index (χ0v) is 7.90. The highest BCUT2D eigenvalue weighted by atomic mass is 16.8. The van der Waals surface area contributed by atoms with Gasteiger partial charge in [-0.05, 0) is 6.92 Å². The van der Waals surface area contributed by atoms with Crippen LogP contribution < -0.4 is 0 Å². The average molecular weight is 220 g/mol. The normalized spacial score (nSPS) is 54.3. The number of carboxylic acids is 1. The number of aliphatic hydroxyl groups is 3. The molecular formula is C8H12O7. The molecule has 2 fully saturated rings. The SMILES string of the molecule is C[C@@]12O[C@@H]([C@H](O)[C@@H](C(=O)O)O1)[C@H](O)[C@H]2O. The van der Waals surface area contributed by atoms with Gasteiger partial charge < -0.3 is 29.9 Å². The maximum Gasteiger partial charge on any atom is 0.335 e. The Morgan fingerprint density at radius 3 is 2.33 bits per heavy atom. The van der Waals surface area contributed by atoms with Crippen molar-refractivity contribution in [1.29, 1.82) is 0 Å². The van der Waals surface area contributed by atoms with Crippen molar-refractivity contribution >= 4 is 5.97 Å². The highest BCUT2D eigenvalue weighted by Crippen LogP contribution is 2.40. The minimum Gasteiger partial charge on any atom is -0.479 e. The summed E-state index contributed by atoms with van der Waals surface area (Å²) in [6.07, 6.45) is -6.86. The Morgan fingerprint density at radius 1 is 1.20 bits per heavy atom. The lowest BCUT2D eigenvalue weighted by molar-refractivity contribution is -0.321. The van der Waals surface area contributed by atoms with Crippen molar-refractivity contribution in [2.75, 3.05) is 0 Å². The van der Waals surface area contributed by atoms with Crippen LogP contribution in [-0.2, 0) is 14.3 Å². The summed E-state index contributed by atoms with van der Waals surface area (Å²) in [5, 5.41) is 37.3. The lowest BCUT2D eigenvalue weighted by Crippen LogP contribution is -2.55. The van der Waals surface area contributed by atoms with E-state index in [0.717, 1.165) is 0 Å². The van der Waals surface area contributed by atoms with Crippen molar-refractivity contribution in [1.82, 2.24) is 0 Å². The molecule has 7 nitrogen and oxygen atoms in total. The van der Waals surface area contributed by atoms with E-state index in [-0.39, 0.29) is 0 Å². The van der Waals surface area contributed by atoms with Crippen molar-refractivity contribution < 1.29 is 34.7 Å². The summed E-state index contributed by atoms with van der Waals surface area (Å²) in [7, 11) is 0. The molecule has 4 N–H and O–H groups in total. The van der Waals surface area contributed by atoms with E-state index in [4.69, 9.17) is 14.6 Å². The molecule has 0 unspecified atom stereocenters. The van der Waals surface area contributed by atoms with E-state index in [1.54, 1.807) is 0 Å². The fourth-order valence-electron chi connectivity index (χ4n) is 1.96. The first-order valence-electron chi connectivity index (χ1n) is 4.49. The van der Waals surface area contributed by atoms with Crippen molar-refractivity contribution in [2.24, 2.45) is 0 Å². The molecular weight excluding hydrogens is 208 g/mol. The number of hydrogen-bond acceptors (Lipinski definition) is 6. The molecule has 2 aliphatic heterocycles. The van der Waals surface area contributed by atoms with Crippen molar-refractivity contribution in [3.8, 4) is 0 Å². The summed E-state index contributed by atoms with van der Waals surface area (Å²) in [4.78, 5) is 10.7. The van der Waals surface area contributed by atoms with Crippen LogP contribution in [0.5, 0.6) is 0 Å². The average Bonchev–Trinajstić information content (AvgIpc) is 2.35. The van der Waals surface area contributed by atoms with Gasteiger partial charge in [-0.1, -0.05) is 0 Å². The fraction of sp³-hybridized carbons (Fsp3) is 0.875. The van der Waals surface area contributed by atoms with Crippen LogP contribution in [0, 0.1) is 0 Å². The number of aliphatic carboxylic acids is 1. The standard InChI is InChI=1S/C8H12O7/c1-8-6(11)3(10)4(14-8)2(9)5(15-8)7(12)13/h2-6,9-11H,1H3,(H,12,13)/t2-,3-,4-,5-,6+,8+/m0/s1. The largest absolute Gasteiger partial charge is 0.479 e. The van der Waals surface area contributed by atoms with Crippen LogP contribution in [0.2, 0.25) is 0 Å². The van der Waals surface area contributed by atoms with Crippen LogP contribution in [0.1, 0.15) is 6.92 Å². The second kappa shape index (κ2) is 3.13. The molecule has 2 heterocycles. The van der Waals surface area contributed by atoms with E-state index in [1.165, 1.54) is 6.92 Å². The Hall–Kier alpha value is -0.730. The molecule has 15 heavy (non-hydrogen) atoms. The summed E-state index contributed by atoms with van der Waals surface area (Å²) >= 11 is 0. The molecule has 0 aliphatic carbocycles. The molecule has 2 bridgehead atoms. The third-order valence-electron chi connectivity index (χ3n) is 2.82. The predicted octanol–water partition coefficient (Wildman–Crippen LogP) is -2.33. The maximum atomic E-state index is 10.7. The number of fused-ring (bicyclic) bond motifs is 2. The van der Waals surface area contributed by atoms with Gasteiger partial charge in [0.1, 0.15) is 24.4 Å². The van der Waals surface area contributed by atoms with Gasteiger partial charge in [0.25, 0.3) is 0 Å². The number of aliphatic hydroxyl groups excluding tert-OH is 3. The van der Waals surface area contributed by atoms with Crippen LogP contribution >= 0.6 is 0 Å². The Kier molecular flexibility index (Phi) is 2.25. The van der Waals surface area contributed by atoms with Gasteiger partial charge >= 0.3 is 5.97 Å². The van der Waals surface area contributed by atoms with Crippen LogP contribution in [0.4, 0.5) is 0 Å². The van der Waals surface area contributed by atoms with Gasteiger partial charge in [-0.25, -0.2) is 4.79 Å². The summed E-state index contributed by atoms with van der Waals surface area (Å²) in [5.41, 5.74) is 0. The molecule has 0 aromatic carbocycles. The first-order chi connectivity index (χ1) is 6.87. The Bertz CT molecular complexity index is 293. The molecule has 6 atom stereocenters. The Balaban J connectivity index is 2.31. The molecule has 0 amide bonds. The molecule has 2 saturated heterocycles. The van der Waals surface area contributed by atoms with E-state index in [0.29, 0.717) is 0 Å². The van der Waals surface area contributed by atoms with Crippen LogP contribution in [0.3, 0.4) is 0 Å². The number of carbonyl (C=O) groups is 1. The van der Waals surface area contributed by atoms with E-state index in [1.807, 2.05) is 0 Å². The molecule has 2 aliphatic rings. The Morgan fingerprint density at radius 2 is 1.80 bits per heavy atom. The van der Waals surface area contributed by atoms with Gasteiger partial charge in [-0.15, -0.1) is 0 Å². The van der Waals surface area contributed by atoms with Gasteiger partial charge in [-0.3, -0.25) is 0 Å². The zero-order chi connectivity index (χ0) is 11.4. The predicted molar refractivity (Wildman–Crippen MR) is 43.8 cm³/mol. The molecule has 0 radical (unpaired) electrons. The zero-order valence-electron chi connectivity index (χ0n) is 7.90. The van der Waals surface area contributed by atoms with Gasteiger partial charge in [0.15, 0.2) is 11.9 Å². The molecule has 0 saturated carbocycles. The van der Waals surface area contributed by atoms with Crippen LogP contribution in [0.25, 0.3) is 0 Å². The number of ether oxygens (including phenoxy) is 2. The number of rotatable bonds is 1. The lowest BCUT2D eigenvalue weighted by Gasteiger charge is -2.37. The highest BCUT2D eigenvalue weighted by Gasteiger charge is 2.62. The van der Waals surface area contributed by atoms with Crippen LogP contribution in [-0.4, -0.2) is 62.7 Å². The van der Waals surface area contributed by atoms with E-state index < -0.39 is 42.3 Å². The molecule has 0 spiro atoms. The summed E-state index contributed by atoms with van der Waals surface area (Å²) < 4.78 is 10.0. The molecule has 0 aromatic rings. The highest BCUT2D eigenvalue weighted by molar-refractivity contribution is 5.73. The number of carboxylic acid groups (broad SMARTS) is 1. The molecule has 7 heteroatoms. The smallest absolute Gasteiger partial charge is 0.335 e. The first-order valence-corrected chi connectivity index (χ1v) is 4.49. The van der Waals surface area contributed by atoms with Gasteiger partial charge in [-0.2, -0.15) is 0 Å². The third kappa shape index (κ3) is 1.35. The van der Waals surface area contributed by atoms with E-state index in [9.17, 15) is 20.1 Å². The monoisotopic (exact) mass is 220 g/mol. The maximum absolute atomic E-state index is 10.7. The van der Waals surface area contributed by atoms with Gasteiger partial charge in [0, 0.05) is 0 Å². The van der Waals surface area contributed by atoms with E-state index in [2.05, 4.69) is 0 Å². The topological polar surface area (TPSA) is 116 Å². The minimum absolute atomic E-state index is 1.14. The van der Waals surface area contributed by atoms with Crippen molar-refractivity contribution in [3.63, 3.8) is 0 Å². The fourth-order valence-corrected chi connectivity index (χ4v) is 1.96. The summed E-state index contributed by atoms with van der Waals surface area (Å²) in [6, 6.07) is 0. The molecule has 2 rings (SSSR count). The molecule has 86 valence electrons. The second-order valence-electron chi connectivity index (χ2n) is 3.90. The molecule has 0 aromatic heterocycles. The van der Waals surface area contributed by atoms with Gasteiger partial charge in [0.05, 0.1) is 0 Å². The Labute approximate surface area is 84.8 Å². The van der Waals surface area contributed by atoms with Crippen LogP contribution in [0.15, 0.2) is 0 Å². The summed E-state index contributed by atoms with van der Waals surface area (Å²) in [5.74, 6) is -2.94. The van der Waals surface area contributed by atoms with Gasteiger partial charge in [0.2, 0.25) is 0 Å². The van der Waals surface area contributed by atoms with Crippen molar-refractivity contribution in [3.05, 3.63) is 0 Å². The first kappa shape index (κ1) is 10.8. The summed E-state index contributed by atoms with van der Waals surface area (Å²) in [6.45, 7) is 1.32. The van der Waals surface area contributed by atoms with E-state index >= 15 is 0 Å². The lowest BCUT2D eigenvalue weighted by atomic mass is 10.0. The number of hydrogen-bond donors (Lipinski definition) is 4. The van der Waals surface area contributed by atoms with Crippen molar-refractivity contribution in [2.45, 2.75) is 43.2 Å². The second-order valence-corrected chi connectivity index (χ2v) is 3.90. The minimum atomic E-state index is -1.58.